The minimum absolute atomic E-state index is 0.384. The minimum atomic E-state index is -1.28. The van der Waals surface area contributed by atoms with Gasteiger partial charge in [-0.2, -0.15) is 16.9 Å². The van der Waals surface area contributed by atoms with Gasteiger partial charge < -0.3 is 10.4 Å². The topological polar surface area (TPSA) is 78.0 Å². The van der Waals surface area contributed by atoms with Crippen LogP contribution in [-0.4, -0.2) is 38.3 Å². The number of nitrogens with zero attached hydrogens (tertiary/aromatic N) is 1. The second-order valence-electron chi connectivity index (χ2n) is 4.87. The molecule has 0 bridgehead atoms. The van der Waals surface area contributed by atoms with Gasteiger partial charge in [-0.15, -0.1) is 11.3 Å². The fourth-order valence-corrected chi connectivity index (χ4v) is 4.32. The van der Waals surface area contributed by atoms with Gasteiger partial charge in [0.1, 0.15) is 5.60 Å². The summed E-state index contributed by atoms with van der Waals surface area (Å²) >= 11 is 9.08. The number of aliphatic hydroxyl groups is 1. The third kappa shape index (κ3) is 3.26. The van der Waals surface area contributed by atoms with Crippen LogP contribution in [0.3, 0.4) is 0 Å². The van der Waals surface area contributed by atoms with E-state index in [-0.39, 0.29) is 5.91 Å². The van der Waals surface area contributed by atoms with E-state index in [1.54, 1.807) is 17.8 Å². The summed E-state index contributed by atoms with van der Waals surface area (Å²) in [4.78, 5) is 13.1. The summed E-state index contributed by atoms with van der Waals surface area (Å²) in [6.45, 7) is 0. The number of nitrogens with one attached hydrogen (secondary N) is 2. The maximum Gasteiger partial charge on any atom is 0.257 e. The fourth-order valence-electron chi connectivity index (χ4n) is 2.14. The molecule has 8 heteroatoms. The molecule has 112 valence electrons. The summed E-state index contributed by atoms with van der Waals surface area (Å²) in [5, 5.41) is 19.9. The zero-order valence-corrected chi connectivity index (χ0v) is 13.4. The normalized spacial score (nSPS) is 17.6. The van der Waals surface area contributed by atoms with Crippen LogP contribution in [0, 0.1) is 0 Å². The molecule has 1 aliphatic heterocycles. The van der Waals surface area contributed by atoms with Gasteiger partial charge >= 0.3 is 0 Å². The second-order valence-corrected chi connectivity index (χ2v) is 7.81. The van der Waals surface area contributed by atoms with Crippen molar-refractivity contribution < 1.29 is 9.90 Å². The maximum atomic E-state index is 12.2. The number of thiophene rings is 1. The number of amides is 1. The molecular formula is C13H14ClN3O2S2. The molecule has 0 aliphatic carbocycles. The van der Waals surface area contributed by atoms with Crippen molar-refractivity contribution in [3.63, 3.8) is 0 Å². The van der Waals surface area contributed by atoms with Crippen LogP contribution >= 0.6 is 34.7 Å². The predicted molar refractivity (Wildman–Crippen MR) is 87.0 cm³/mol. The molecule has 3 rings (SSSR count). The Labute approximate surface area is 135 Å². The van der Waals surface area contributed by atoms with E-state index in [1.807, 2.05) is 12.1 Å². The molecule has 0 spiro atoms. The molecule has 1 amide bonds. The zero-order valence-electron chi connectivity index (χ0n) is 11.1. The first-order valence-corrected chi connectivity index (χ1v) is 8.84. The van der Waals surface area contributed by atoms with Crippen molar-refractivity contribution >= 4 is 46.4 Å². The average Bonchev–Trinajstić information content (AvgIpc) is 3.08. The Morgan fingerprint density at radius 2 is 2.19 bits per heavy atom. The van der Waals surface area contributed by atoms with E-state index in [4.69, 9.17) is 11.6 Å². The summed E-state index contributed by atoms with van der Waals surface area (Å²) in [5.74, 6) is 1.61. The van der Waals surface area contributed by atoms with Gasteiger partial charge in [0.25, 0.3) is 5.91 Å². The molecule has 1 fully saturated rings. The van der Waals surface area contributed by atoms with Crippen molar-refractivity contribution in [1.29, 1.82) is 0 Å². The molecule has 21 heavy (non-hydrogen) atoms. The van der Waals surface area contributed by atoms with Gasteiger partial charge in [-0.3, -0.25) is 9.89 Å². The molecule has 3 N–H and O–H groups in total. The molecule has 0 saturated carbocycles. The number of hydrogen-bond donors (Lipinski definition) is 3. The number of carbonyl (C=O) groups excluding carboxylic acids is 1. The first kappa shape index (κ1) is 14.9. The third-order valence-electron chi connectivity index (χ3n) is 3.40. The number of H-pyrrole nitrogens is 1. The highest BCUT2D eigenvalue weighted by Gasteiger charge is 2.37. The molecular weight excluding hydrogens is 330 g/mol. The van der Waals surface area contributed by atoms with Gasteiger partial charge in [-0.1, -0.05) is 11.6 Å². The van der Waals surface area contributed by atoms with Gasteiger partial charge in [-0.25, -0.2) is 0 Å². The molecule has 3 heterocycles. The molecule has 5 nitrogen and oxygen atoms in total. The zero-order chi connectivity index (χ0) is 14.9. The molecule has 2 aromatic rings. The predicted octanol–water partition coefficient (Wildman–Crippen LogP) is 2.99. The smallest absolute Gasteiger partial charge is 0.257 e. The number of hydrogen-bond acceptors (Lipinski definition) is 5. The van der Waals surface area contributed by atoms with E-state index in [9.17, 15) is 9.90 Å². The standard InChI is InChI=1S/C13H14ClN3O2S2/c14-10-2-1-9(21-10)8-7-11(17-16-8)15-12(18)13(19)3-5-20-6-4-13/h1-2,7,19H,3-6H2,(H2,15,16,17,18). The van der Waals surface area contributed by atoms with E-state index in [0.717, 1.165) is 22.1 Å². The number of anilines is 1. The van der Waals surface area contributed by atoms with Crippen LogP contribution in [0.25, 0.3) is 10.6 Å². The summed E-state index contributed by atoms with van der Waals surface area (Å²) in [6.07, 6.45) is 0.947. The molecule has 1 saturated heterocycles. The van der Waals surface area contributed by atoms with Crippen molar-refractivity contribution in [2.75, 3.05) is 16.8 Å². The first-order chi connectivity index (χ1) is 10.1. The Kier molecular flexibility index (Phi) is 4.26. The lowest BCUT2D eigenvalue weighted by Crippen LogP contribution is -2.45. The highest BCUT2D eigenvalue weighted by molar-refractivity contribution is 7.99. The lowest BCUT2D eigenvalue weighted by atomic mass is 9.96. The maximum absolute atomic E-state index is 12.2. The monoisotopic (exact) mass is 343 g/mol. The third-order valence-corrected chi connectivity index (χ3v) is 5.65. The van der Waals surface area contributed by atoms with Crippen molar-refractivity contribution in [3.05, 3.63) is 22.5 Å². The Morgan fingerprint density at radius 1 is 1.43 bits per heavy atom. The van der Waals surface area contributed by atoms with E-state index in [1.165, 1.54) is 11.3 Å². The summed E-state index contributed by atoms with van der Waals surface area (Å²) in [7, 11) is 0. The van der Waals surface area contributed by atoms with Gasteiger partial charge in [-0.05, 0) is 36.5 Å². The molecule has 1 aliphatic rings. The largest absolute Gasteiger partial charge is 0.380 e. The van der Waals surface area contributed by atoms with Gasteiger partial charge in [0.05, 0.1) is 14.9 Å². The van der Waals surface area contributed by atoms with Crippen LogP contribution in [0.4, 0.5) is 5.82 Å². The number of halogens is 1. The van der Waals surface area contributed by atoms with Crippen LogP contribution in [0.5, 0.6) is 0 Å². The fraction of sp³-hybridized carbons (Fsp3) is 0.385. The van der Waals surface area contributed by atoms with Gasteiger partial charge in [0.2, 0.25) is 0 Å². The van der Waals surface area contributed by atoms with E-state index in [2.05, 4.69) is 15.5 Å². The first-order valence-electron chi connectivity index (χ1n) is 6.49. The molecule has 0 unspecified atom stereocenters. The van der Waals surface area contributed by atoms with E-state index in [0.29, 0.717) is 23.0 Å². The molecule has 0 atom stereocenters. The highest BCUT2D eigenvalue weighted by Crippen LogP contribution is 2.31. The lowest BCUT2D eigenvalue weighted by Gasteiger charge is -2.29. The minimum Gasteiger partial charge on any atom is -0.380 e. The number of thioether (sulfide) groups is 1. The SMILES string of the molecule is O=C(Nc1cc(-c2ccc(Cl)s2)[nH]n1)C1(O)CCSCC1. The molecule has 2 aromatic heterocycles. The van der Waals surface area contributed by atoms with Crippen LogP contribution in [-0.2, 0) is 4.79 Å². The second kappa shape index (κ2) is 6.00. The van der Waals surface area contributed by atoms with E-state index >= 15 is 0 Å². The van der Waals surface area contributed by atoms with Gasteiger partial charge in [0, 0.05) is 6.07 Å². The van der Waals surface area contributed by atoms with Crippen LogP contribution < -0.4 is 5.32 Å². The summed E-state index contributed by atoms with van der Waals surface area (Å²) < 4.78 is 0.694. The van der Waals surface area contributed by atoms with Crippen LogP contribution in [0.15, 0.2) is 18.2 Å². The summed E-state index contributed by atoms with van der Waals surface area (Å²) in [5.41, 5.74) is -0.496. The van der Waals surface area contributed by atoms with Crippen molar-refractivity contribution in [3.8, 4) is 10.6 Å². The van der Waals surface area contributed by atoms with Crippen LogP contribution in [0.2, 0.25) is 4.34 Å². The Hall–Kier alpha value is -1.02. The number of aromatic amines is 1. The Balaban J connectivity index is 1.71. The highest BCUT2D eigenvalue weighted by atomic mass is 35.5. The van der Waals surface area contributed by atoms with Crippen molar-refractivity contribution in [2.24, 2.45) is 0 Å². The van der Waals surface area contributed by atoms with Crippen molar-refractivity contribution in [2.45, 2.75) is 18.4 Å². The number of rotatable bonds is 3. The Bertz CT molecular complexity index is 649. The van der Waals surface area contributed by atoms with E-state index < -0.39 is 5.60 Å². The number of carbonyl (C=O) groups is 1. The lowest BCUT2D eigenvalue weighted by molar-refractivity contribution is -0.134. The average molecular weight is 344 g/mol. The summed E-state index contributed by atoms with van der Waals surface area (Å²) in [6, 6.07) is 5.43. The number of aromatic nitrogens is 2. The van der Waals surface area contributed by atoms with Crippen LogP contribution in [0.1, 0.15) is 12.8 Å². The Morgan fingerprint density at radius 3 is 2.86 bits per heavy atom. The quantitative estimate of drug-likeness (QED) is 0.800. The van der Waals surface area contributed by atoms with Crippen molar-refractivity contribution in [1.82, 2.24) is 10.2 Å². The van der Waals surface area contributed by atoms with Gasteiger partial charge in [0.15, 0.2) is 5.82 Å². The molecule has 0 radical (unpaired) electrons. The molecule has 0 aromatic carbocycles.